The van der Waals surface area contributed by atoms with Gasteiger partial charge in [-0.25, -0.2) is 4.98 Å². The van der Waals surface area contributed by atoms with Gasteiger partial charge in [0.15, 0.2) is 0 Å². The number of nitrogens with zero attached hydrogens (tertiary/aromatic N) is 4. The van der Waals surface area contributed by atoms with Crippen molar-refractivity contribution in [2.45, 2.75) is 45.3 Å². The Morgan fingerprint density at radius 1 is 1.21 bits per heavy atom. The third-order valence-corrected chi connectivity index (χ3v) is 5.50. The third kappa shape index (κ3) is 4.10. The quantitative estimate of drug-likeness (QED) is 0.668. The number of nitrogen functional groups attached to an aromatic ring is 1. The normalized spacial score (nSPS) is 16.9. The molecule has 0 bridgehead atoms. The SMILES string of the molecule is CCC1CCCCN1c1ccc(-c2nc(-c3ccc(N)nc3)no2)cc1COC. The van der Waals surface area contributed by atoms with Crippen molar-refractivity contribution in [1.29, 1.82) is 0 Å². The van der Waals surface area contributed by atoms with Gasteiger partial charge in [0, 0.05) is 48.3 Å². The molecule has 7 nitrogen and oxygen atoms in total. The van der Waals surface area contributed by atoms with Gasteiger partial charge in [-0.2, -0.15) is 4.98 Å². The van der Waals surface area contributed by atoms with Crippen LogP contribution in [-0.2, 0) is 11.3 Å². The van der Waals surface area contributed by atoms with Gasteiger partial charge < -0.3 is 19.9 Å². The van der Waals surface area contributed by atoms with E-state index < -0.39 is 0 Å². The number of nitrogens with two attached hydrogens (primary N) is 1. The monoisotopic (exact) mass is 393 g/mol. The summed E-state index contributed by atoms with van der Waals surface area (Å²) in [7, 11) is 1.73. The molecule has 1 saturated heterocycles. The Kier molecular flexibility index (Phi) is 5.76. The molecular weight excluding hydrogens is 366 g/mol. The van der Waals surface area contributed by atoms with Crippen LogP contribution in [0.1, 0.15) is 38.2 Å². The number of benzene rings is 1. The number of piperidine rings is 1. The zero-order valence-corrected chi connectivity index (χ0v) is 17.0. The van der Waals surface area contributed by atoms with Crippen LogP contribution in [0, 0.1) is 0 Å². The molecule has 0 radical (unpaired) electrons. The van der Waals surface area contributed by atoms with Crippen LogP contribution in [0.15, 0.2) is 41.1 Å². The minimum atomic E-state index is 0.459. The molecule has 1 fully saturated rings. The van der Waals surface area contributed by atoms with E-state index in [0.29, 0.717) is 30.2 Å². The van der Waals surface area contributed by atoms with Gasteiger partial charge in [0.2, 0.25) is 5.82 Å². The molecule has 1 atom stereocenters. The van der Waals surface area contributed by atoms with Gasteiger partial charge in [0.25, 0.3) is 5.89 Å². The van der Waals surface area contributed by atoms with Crippen molar-refractivity contribution in [2.24, 2.45) is 0 Å². The van der Waals surface area contributed by atoms with Gasteiger partial charge in [-0.1, -0.05) is 12.1 Å². The predicted octanol–water partition coefficient (Wildman–Crippen LogP) is 4.30. The summed E-state index contributed by atoms with van der Waals surface area (Å²) in [5.74, 6) is 1.43. The summed E-state index contributed by atoms with van der Waals surface area (Å²) in [4.78, 5) is 11.2. The molecule has 3 aromatic rings. The molecule has 2 N–H and O–H groups in total. The topological polar surface area (TPSA) is 90.3 Å². The predicted molar refractivity (Wildman–Crippen MR) is 113 cm³/mol. The molecule has 4 rings (SSSR count). The smallest absolute Gasteiger partial charge is 0.258 e. The minimum Gasteiger partial charge on any atom is -0.384 e. The van der Waals surface area contributed by atoms with Crippen LogP contribution in [0.25, 0.3) is 22.8 Å². The van der Waals surface area contributed by atoms with Gasteiger partial charge in [0.1, 0.15) is 5.82 Å². The van der Waals surface area contributed by atoms with E-state index in [2.05, 4.69) is 39.1 Å². The first-order chi connectivity index (χ1) is 14.2. The van der Waals surface area contributed by atoms with Crippen molar-refractivity contribution < 1.29 is 9.26 Å². The van der Waals surface area contributed by atoms with Gasteiger partial charge in [-0.3, -0.25) is 0 Å². The first-order valence-corrected chi connectivity index (χ1v) is 10.1. The van der Waals surface area contributed by atoms with E-state index in [9.17, 15) is 0 Å². The molecule has 0 amide bonds. The molecule has 2 aromatic heterocycles. The van der Waals surface area contributed by atoms with Crippen molar-refractivity contribution >= 4 is 11.5 Å². The largest absolute Gasteiger partial charge is 0.384 e. The molecule has 3 heterocycles. The van der Waals surface area contributed by atoms with E-state index in [1.165, 1.54) is 24.9 Å². The highest BCUT2D eigenvalue weighted by Gasteiger charge is 2.24. The average Bonchev–Trinajstić information content (AvgIpc) is 3.25. The maximum Gasteiger partial charge on any atom is 0.258 e. The average molecular weight is 393 g/mol. The first-order valence-electron chi connectivity index (χ1n) is 10.1. The lowest BCUT2D eigenvalue weighted by Crippen LogP contribution is -2.39. The van der Waals surface area contributed by atoms with Crippen molar-refractivity contribution in [2.75, 3.05) is 24.3 Å². The van der Waals surface area contributed by atoms with E-state index in [4.69, 9.17) is 15.0 Å². The van der Waals surface area contributed by atoms with E-state index in [1.807, 2.05) is 12.1 Å². The van der Waals surface area contributed by atoms with E-state index in [0.717, 1.165) is 29.7 Å². The van der Waals surface area contributed by atoms with E-state index >= 15 is 0 Å². The van der Waals surface area contributed by atoms with Crippen molar-refractivity contribution in [1.82, 2.24) is 15.1 Å². The Morgan fingerprint density at radius 2 is 2.07 bits per heavy atom. The van der Waals surface area contributed by atoms with Crippen molar-refractivity contribution in [3.8, 4) is 22.8 Å². The van der Waals surface area contributed by atoms with Crippen LogP contribution in [0.4, 0.5) is 11.5 Å². The fourth-order valence-electron chi connectivity index (χ4n) is 4.01. The van der Waals surface area contributed by atoms with Gasteiger partial charge >= 0.3 is 0 Å². The lowest BCUT2D eigenvalue weighted by atomic mass is 9.97. The summed E-state index contributed by atoms with van der Waals surface area (Å²) in [5, 5.41) is 4.10. The molecule has 7 heteroatoms. The van der Waals surface area contributed by atoms with Crippen LogP contribution in [0.3, 0.4) is 0 Å². The minimum absolute atomic E-state index is 0.459. The molecule has 29 heavy (non-hydrogen) atoms. The number of aromatic nitrogens is 3. The fraction of sp³-hybridized carbons (Fsp3) is 0.409. The highest BCUT2D eigenvalue weighted by Crippen LogP contribution is 2.33. The summed E-state index contributed by atoms with van der Waals surface area (Å²) in [5.41, 5.74) is 9.68. The molecule has 0 aliphatic carbocycles. The van der Waals surface area contributed by atoms with Crippen LogP contribution in [-0.4, -0.2) is 34.8 Å². The summed E-state index contributed by atoms with van der Waals surface area (Å²) >= 11 is 0. The Hall–Kier alpha value is -2.93. The highest BCUT2D eigenvalue weighted by molar-refractivity contribution is 5.66. The second-order valence-corrected chi connectivity index (χ2v) is 7.42. The molecule has 152 valence electrons. The summed E-state index contributed by atoms with van der Waals surface area (Å²) in [6, 6.07) is 10.4. The summed E-state index contributed by atoms with van der Waals surface area (Å²) in [6.07, 6.45) is 6.57. The molecule has 1 aliphatic heterocycles. The van der Waals surface area contributed by atoms with Crippen LogP contribution < -0.4 is 10.6 Å². The molecule has 1 unspecified atom stereocenters. The lowest BCUT2D eigenvalue weighted by Gasteiger charge is -2.38. The number of anilines is 2. The molecular formula is C22H27N5O2. The molecule has 1 aliphatic rings. The summed E-state index contributed by atoms with van der Waals surface area (Å²) in [6.45, 7) is 3.89. The Balaban J connectivity index is 1.65. The van der Waals surface area contributed by atoms with Crippen LogP contribution >= 0.6 is 0 Å². The zero-order valence-electron chi connectivity index (χ0n) is 17.0. The number of hydrogen-bond donors (Lipinski definition) is 1. The molecule has 0 saturated carbocycles. The summed E-state index contributed by atoms with van der Waals surface area (Å²) < 4.78 is 11.0. The fourth-order valence-corrected chi connectivity index (χ4v) is 4.01. The lowest BCUT2D eigenvalue weighted by molar-refractivity contribution is 0.185. The van der Waals surface area contributed by atoms with Crippen molar-refractivity contribution in [3.63, 3.8) is 0 Å². The van der Waals surface area contributed by atoms with E-state index in [-0.39, 0.29) is 0 Å². The van der Waals surface area contributed by atoms with Crippen LogP contribution in [0.2, 0.25) is 0 Å². The number of hydrogen-bond acceptors (Lipinski definition) is 7. The Morgan fingerprint density at radius 3 is 2.83 bits per heavy atom. The van der Waals surface area contributed by atoms with Gasteiger partial charge in [-0.05, 0) is 56.0 Å². The molecule has 0 spiro atoms. The Labute approximate surface area is 170 Å². The number of methoxy groups -OCH3 is 1. The maximum atomic E-state index is 5.65. The second-order valence-electron chi connectivity index (χ2n) is 7.42. The number of ether oxygens (including phenoxy) is 1. The maximum absolute atomic E-state index is 5.65. The van der Waals surface area contributed by atoms with Crippen LogP contribution in [0.5, 0.6) is 0 Å². The van der Waals surface area contributed by atoms with Gasteiger partial charge in [0.05, 0.1) is 6.61 Å². The number of rotatable bonds is 6. The number of pyridine rings is 1. The Bertz CT molecular complexity index is 954. The van der Waals surface area contributed by atoms with Crippen molar-refractivity contribution in [3.05, 3.63) is 42.1 Å². The zero-order chi connectivity index (χ0) is 20.2. The molecule has 1 aromatic carbocycles. The third-order valence-electron chi connectivity index (χ3n) is 5.50. The second kappa shape index (κ2) is 8.61. The first kappa shape index (κ1) is 19.4. The van der Waals surface area contributed by atoms with Gasteiger partial charge in [-0.15, -0.1) is 0 Å². The van der Waals surface area contributed by atoms with E-state index in [1.54, 1.807) is 19.4 Å². The standard InChI is InChI=1S/C22H27N5O2/c1-3-18-6-4-5-11-27(18)19-9-7-15(12-17(19)14-28-2)22-25-21(26-29-22)16-8-10-20(23)24-13-16/h7-10,12-13,18H,3-6,11,14H2,1-2H3,(H2,23,24). The highest BCUT2D eigenvalue weighted by atomic mass is 16.5.